The zero-order valence-electron chi connectivity index (χ0n) is 35.5. The summed E-state index contributed by atoms with van der Waals surface area (Å²) in [4.78, 5) is 10.2. The van der Waals surface area contributed by atoms with Gasteiger partial charge in [-0.2, -0.15) is 0 Å². The average molecular weight is 816 g/mol. The fraction of sp³-hybridized carbons (Fsp3) is 0.0492. The van der Waals surface area contributed by atoms with Crippen LogP contribution in [0.15, 0.2) is 212 Å². The first-order valence-electron chi connectivity index (χ1n) is 22.1. The van der Waals surface area contributed by atoms with Gasteiger partial charge in [-0.25, -0.2) is 4.98 Å². The van der Waals surface area contributed by atoms with Gasteiger partial charge >= 0.3 is 0 Å². The van der Waals surface area contributed by atoms with Crippen LogP contribution in [0.1, 0.15) is 25.0 Å². The zero-order chi connectivity index (χ0) is 42.5. The van der Waals surface area contributed by atoms with E-state index >= 15 is 0 Å². The number of fused-ring (bicyclic) bond motifs is 12. The minimum atomic E-state index is -0.169. The lowest BCUT2D eigenvalue weighted by Gasteiger charge is -2.23. The molecule has 10 aromatic carbocycles. The highest BCUT2D eigenvalue weighted by atomic mass is 15.0. The topological polar surface area (TPSA) is 30.7 Å². The Balaban J connectivity index is 0.815. The van der Waals surface area contributed by atoms with Gasteiger partial charge < -0.3 is 4.57 Å². The molecule has 3 nitrogen and oxygen atoms in total. The highest BCUT2D eigenvalue weighted by molar-refractivity contribution is 6.23. The minimum absolute atomic E-state index is 0.169. The lowest BCUT2D eigenvalue weighted by atomic mass is 9.80. The van der Waals surface area contributed by atoms with Gasteiger partial charge in [0.15, 0.2) is 0 Å². The largest absolute Gasteiger partial charge is 0.309 e. The van der Waals surface area contributed by atoms with Crippen LogP contribution in [0.2, 0.25) is 0 Å². The third-order valence-corrected chi connectivity index (χ3v) is 13.8. The van der Waals surface area contributed by atoms with Crippen molar-refractivity contribution in [1.82, 2.24) is 14.5 Å². The van der Waals surface area contributed by atoms with E-state index in [9.17, 15) is 0 Å². The summed E-state index contributed by atoms with van der Waals surface area (Å²) in [6.07, 6.45) is 1.92. The van der Waals surface area contributed by atoms with Gasteiger partial charge in [0.05, 0.1) is 34.0 Å². The van der Waals surface area contributed by atoms with Crippen LogP contribution in [0.25, 0.3) is 116 Å². The molecule has 0 spiro atoms. The number of benzene rings is 10. The van der Waals surface area contributed by atoms with Crippen molar-refractivity contribution in [2.45, 2.75) is 19.3 Å². The molecule has 2 aromatic heterocycles. The smallest absolute Gasteiger partial charge is 0.0979 e. The Morgan fingerprint density at radius 1 is 0.359 bits per heavy atom. The van der Waals surface area contributed by atoms with E-state index in [1.807, 2.05) is 6.20 Å². The Labute approximate surface area is 371 Å². The summed E-state index contributed by atoms with van der Waals surface area (Å²) < 4.78 is 2.39. The van der Waals surface area contributed by atoms with E-state index in [-0.39, 0.29) is 5.41 Å². The molecule has 0 unspecified atom stereocenters. The molecule has 300 valence electrons. The van der Waals surface area contributed by atoms with Crippen LogP contribution in [0.5, 0.6) is 0 Å². The number of nitrogens with zero attached hydrogens (tertiary/aromatic N) is 3. The molecule has 1 aliphatic carbocycles. The van der Waals surface area contributed by atoms with Crippen LogP contribution >= 0.6 is 0 Å². The van der Waals surface area contributed by atoms with Crippen molar-refractivity contribution in [2.24, 2.45) is 0 Å². The molecule has 2 heterocycles. The monoisotopic (exact) mass is 815 g/mol. The Kier molecular flexibility index (Phi) is 7.95. The van der Waals surface area contributed by atoms with Gasteiger partial charge in [-0.1, -0.05) is 178 Å². The summed E-state index contributed by atoms with van der Waals surface area (Å²) in [5.74, 6) is 0. The van der Waals surface area contributed by atoms with Crippen molar-refractivity contribution in [2.75, 3.05) is 0 Å². The first kappa shape index (κ1) is 36.5. The van der Waals surface area contributed by atoms with Crippen LogP contribution in [-0.2, 0) is 5.41 Å². The molecule has 0 N–H and O–H groups in total. The molecule has 0 fully saturated rings. The SMILES string of the molecule is CC1(C)c2cc(-c3ccc(-c4cnc5c6ccccc6c6ccccc6c5n4)cc3)ccc2-c2ccc(-c3cccc(-c4ccc5c6ccccc6n(-c6ccccc6)c5c4)c3)cc21. The molecular weight excluding hydrogens is 775 g/mol. The molecule has 64 heavy (non-hydrogen) atoms. The van der Waals surface area contributed by atoms with Crippen LogP contribution < -0.4 is 0 Å². The van der Waals surface area contributed by atoms with E-state index in [1.54, 1.807) is 0 Å². The zero-order valence-corrected chi connectivity index (χ0v) is 35.5. The molecule has 3 heteroatoms. The summed E-state index contributed by atoms with van der Waals surface area (Å²) in [7, 11) is 0. The van der Waals surface area contributed by atoms with Crippen molar-refractivity contribution < 1.29 is 0 Å². The molecule has 13 rings (SSSR count). The predicted octanol–water partition coefficient (Wildman–Crippen LogP) is 16.0. The maximum Gasteiger partial charge on any atom is 0.0979 e. The highest BCUT2D eigenvalue weighted by Crippen LogP contribution is 2.51. The summed E-state index contributed by atoms with van der Waals surface area (Å²) >= 11 is 0. The van der Waals surface area contributed by atoms with E-state index in [0.717, 1.165) is 33.1 Å². The van der Waals surface area contributed by atoms with E-state index in [2.05, 4.69) is 225 Å². The summed E-state index contributed by atoms with van der Waals surface area (Å²) in [6.45, 7) is 4.74. The second kappa shape index (κ2) is 13.9. The van der Waals surface area contributed by atoms with E-state index in [4.69, 9.17) is 9.97 Å². The molecule has 0 amide bonds. The molecule has 0 saturated carbocycles. The standard InChI is InChI=1S/C61H41N3/c1-61(2)54-34-42(38-23-25-39(26-24-38)56-37-62-59-52-20-8-6-17-46(52)47-18-7-9-21-53(47)60(59)63-56)27-30-48(54)49-31-28-43(35-55(49)61)40-13-12-14-41(33-40)44-29-32-51-50-19-10-11-22-57(50)64(58(51)36-44)45-15-4-3-5-16-45/h3-37H,1-2H3. The van der Waals surface area contributed by atoms with Crippen LogP contribution in [0.4, 0.5) is 0 Å². The van der Waals surface area contributed by atoms with Gasteiger partial charge in [0.25, 0.3) is 0 Å². The summed E-state index contributed by atoms with van der Waals surface area (Å²) in [5.41, 5.74) is 19.8. The van der Waals surface area contributed by atoms with Gasteiger partial charge in [-0.15, -0.1) is 0 Å². The van der Waals surface area contributed by atoms with Crippen molar-refractivity contribution >= 4 is 54.4 Å². The fourth-order valence-electron chi connectivity index (χ4n) is 10.6. The lowest BCUT2D eigenvalue weighted by Crippen LogP contribution is -2.15. The molecule has 1 aliphatic rings. The molecular formula is C61H41N3. The Morgan fingerprint density at radius 2 is 0.859 bits per heavy atom. The summed E-state index contributed by atoms with van der Waals surface area (Å²) in [6, 6.07) is 75.3. The maximum absolute atomic E-state index is 5.23. The van der Waals surface area contributed by atoms with Crippen molar-refractivity contribution in [1.29, 1.82) is 0 Å². The van der Waals surface area contributed by atoms with E-state index < -0.39 is 0 Å². The first-order valence-corrected chi connectivity index (χ1v) is 22.1. The van der Waals surface area contributed by atoms with E-state index in [0.29, 0.717) is 0 Å². The first-order chi connectivity index (χ1) is 31.5. The Hall–Kier alpha value is -8.14. The van der Waals surface area contributed by atoms with E-state index in [1.165, 1.54) is 93.9 Å². The molecule has 0 bridgehead atoms. The van der Waals surface area contributed by atoms with Gasteiger partial charge in [0.2, 0.25) is 0 Å². The molecule has 0 saturated heterocycles. The van der Waals surface area contributed by atoms with Gasteiger partial charge in [0.1, 0.15) is 0 Å². The van der Waals surface area contributed by atoms with Gasteiger partial charge in [-0.3, -0.25) is 4.98 Å². The van der Waals surface area contributed by atoms with Gasteiger partial charge in [-0.05, 0) is 109 Å². The Morgan fingerprint density at radius 3 is 1.55 bits per heavy atom. The predicted molar refractivity (Wildman–Crippen MR) is 268 cm³/mol. The van der Waals surface area contributed by atoms with Gasteiger partial charge in [0, 0.05) is 38.2 Å². The van der Waals surface area contributed by atoms with Crippen molar-refractivity contribution in [3.05, 3.63) is 224 Å². The van der Waals surface area contributed by atoms with Crippen molar-refractivity contribution in [3.63, 3.8) is 0 Å². The third kappa shape index (κ3) is 5.54. The number of aromatic nitrogens is 3. The molecule has 0 aliphatic heterocycles. The third-order valence-electron chi connectivity index (χ3n) is 13.8. The second-order valence-electron chi connectivity index (χ2n) is 17.8. The summed E-state index contributed by atoms with van der Waals surface area (Å²) in [5, 5.41) is 7.20. The van der Waals surface area contributed by atoms with Crippen molar-refractivity contribution in [3.8, 4) is 61.5 Å². The maximum atomic E-state index is 5.23. The van der Waals surface area contributed by atoms with Crippen LogP contribution in [0, 0.1) is 0 Å². The number of hydrogen-bond acceptors (Lipinski definition) is 2. The Bertz CT molecular complexity index is 3820. The normalized spacial score (nSPS) is 13.0. The molecule has 0 atom stereocenters. The fourth-order valence-corrected chi connectivity index (χ4v) is 10.6. The molecule has 0 radical (unpaired) electrons. The average Bonchev–Trinajstić information content (AvgIpc) is 3.81. The van der Waals surface area contributed by atoms with Crippen LogP contribution in [-0.4, -0.2) is 14.5 Å². The number of hydrogen-bond donors (Lipinski definition) is 0. The minimum Gasteiger partial charge on any atom is -0.309 e. The quantitative estimate of drug-likeness (QED) is 0.162. The second-order valence-corrected chi connectivity index (χ2v) is 17.8. The highest BCUT2D eigenvalue weighted by Gasteiger charge is 2.36. The lowest BCUT2D eigenvalue weighted by molar-refractivity contribution is 0.661. The number of rotatable bonds is 5. The molecule has 12 aromatic rings. The number of para-hydroxylation sites is 2. The van der Waals surface area contributed by atoms with Crippen LogP contribution in [0.3, 0.4) is 0 Å².